The van der Waals surface area contributed by atoms with Crippen molar-refractivity contribution in [2.45, 2.75) is 50.1 Å². The van der Waals surface area contributed by atoms with Crippen LogP contribution in [0, 0.1) is 5.92 Å². The van der Waals surface area contributed by atoms with Gasteiger partial charge in [0.15, 0.2) is 0 Å². The van der Waals surface area contributed by atoms with E-state index in [1.165, 1.54) is 0 Å². The number of nitrogens with zero attached hydrogens (tertiary/aromatic N) is 2. The number of likely N-dealkylation sites (tertiary alicyclic amines) is 2. The van der Waals surface area contributed by atoms with Crippen LogP contribution in [0.15, 0.2) is 30.3 Å². The third-order valence-electron chi connectivity index (χ3n) is 6.29. The van der Waals surface area contributed by atoms with Crippen LogP contribution in [-0.4, -0.2) is 64.7 Å². The number of hydrogen-bond acceptors (Lipinski definition) is 3. The fourth-order valence-corrected chi connectivity index (χ4v) is 4.84. The first-order valence-electron chi connectivity index (χ1n) is 10.1. The standard InChI is InChI=1S/C21H29N3O3/c1-2-10-22-20(27)23-13-21(14-23)19(16-6-4-3-5-7-16)17(12-25)24(21)18(26)11-15-8-9-15/h3-7,15,17,19,25H,2,8-14H2,1H3,(H,22,27)/t17-,19+/m0/s1. The maximum Gasteiger partial charge on any atom is 0.317 e. The van der Waals surface area contributed by atoms with E-state index >= 15 is 0 Å². The van der Waals surface area contributed by atoms with Gasteiger partial charge in [-0.05, 0) is 30.7 Å². The fraction of sp³-hybridized carbons (Fsp3) is 0.619. The van der Waals surface area contributed by atoms with Gasteiger partial charge in [-0.2, -0.15) is 0 Å². The van der Waals surface area contributed by atoms with Crippen LogP contribution in [0.3, 0.4) is 0 Å². The summed E-state index contributed by atoms with van der Waals surface area (Å²) < 4.78 is 0. The van der Waals surface area contributed by atoms with Crippen LogP contribution < -0.4 is 5.32 Å². The van der Waals surface area contributed by atoms with Crippen LogP contribution >= 0.6 is 0 Å². The van der Waals surface area contributed by atoms with Crippen LogP contribution in [0.2, 0.25) is 0 Å². The quantitative estimate of drug-likeness (QED) is 0.803. The molecule has 2 aliphatic heterocycles. The van der Waals surface area contributed by atoms with Crippen molar-refractivity contribution in [1.29, 1.82) is 0 Å². The van der Waals surface area contributed by atoms with Crippen molar-refractivity contribution in [3.05, 3.63) is 35.9 Å². The van der Waals surface area contributed by atoms with E-state index in [9.17, 15) is 14.7 Å². The smallest absolute Gasteiger partial charge is 0.317 e. The van der Waals surface area contributed by atoms with Crippen LogP contribution in [0.4, 0.5) is 4.79 Å². The van der Waals surface area contributed by atoms with E-state index in [0.29, 0.717) is 32.0 Å². The molecule has 1 aromatic carbocycles. The highest BCUT2D eigenvalue weighted by atomic mass is 16.3. The lowest BCUT2D eigenvalue weighted by atomic mass is 9.60. The number of rotatable bonds is 6. The number of amides is 3. The highest BCUT2D eigenvalue weighted by molar-refractivity contribution is 5.82. The van der Waals surface area contributed by atoms with E-state index in [4.69, 9.17) is 0 Å². The summed E-state index contributed by atoms with van der Waals surface area (Å²) in [5.74, 6) is 0.716. The molecule has 2 saturated heterocycles. The Kier molecular flexibility index (Phi) is 4.84. The molecule has 1 aromatic rings. The Morgan fingerprint density at radius 3 is 2.52 bits per heavy atom. The zero-order valence-corrected chi connectivity index (χ0v) is 15.9. The second-order valence-corrected chi connectivity index (χ2v) is 8.24. The first kappa shape index (κ1) is 18.3. The summed E-state index contributed by atoms with van der Waals surface area (Å²) in [7, 11) is 0. The van der Waals surface area contributed by atoms with Crippen LogP contribution in [-0.2, 0) is 4.79 Å². The van der Waals surface area contributed by atoms with Crippen molar-refractivity contribution in [1.82, 2.24) is 15.1 Å². The molecule has 2 atom stereocenters. The molecule has 1 spiro atoms. The molecule has 2 heterocycles. The van der Waals surface area contributed by atoms with Gasteiger partial charge in [-0.1, -0.05) is 37.3 Å². The molecule has 27 heavy (non-hydrogen) atoms. The van der Waals surface area contributed by atoms with Crippen molar-refractivity contribution in [3.8, 4) is 0 Å². The second kappa shape index (κ2) is 7.15. The molecule has 4 rings (SSSR count). The Morgan fingerprint density at radius 1 is 1.22 bits per heavy atom. The average molecular weight is 371 g/mol. The molecule has 0 aromatic heterocycles. The largest absolute Gasteiger partial charge is 0.394 e. The zero-order valence-electron chi connectivity index (χ0n) is 15.9. The van der Waals surface area contributed by atoms with Gasteiger partial charge in [-0.3, -0.25) is 4.79 Å². The maximum absolute atomic E-state index is 13.0. The van der Waals surface area contributed by atoms with Gasteiger partial charge in [0, 0.05) is 32.0 Å². The number of aliphatic hydroxyl groups excluding tert-OH is 1. The molecule has 0 bridgehead atoms. The monoisotopic (exact) mass is 371 g/mol. The lowest BCUT2D eigenvalue weighted by molar-refractivity contribution is -0.193. The van der Waals surface area contributed by atoms with Gasteiger partial charge in [0.2, 0.25) is 5.91 Å². The minimum atomic E-state index is -0.371. The lowest BCUT2D eigenvalue weighted by Crippen LogP contribution is -2.86. The summed E-state index contributed by atoms with van der Waals surface area (Å²) in [6.45, 7) is 3.72. The molecule has 3 aliphatic rings. The molecule has 0 unspecified atom stereocenters. The van der Waals surface area contributed by atoms with Crippen LogP contribution in [0.25, 0.3) is 0 Å². The molecule has 1 aliphatic carbocycles. The highest BCUT2D eigenvalue weighted by Crippen LogP contribution is 2.54. The number of urea groups is 1. The maximum atomic E-state index is 13.0. The van der Waals surface area contributed by atoms with E-state index in [1.54, 1.807) is 4.90 Å². The minimum absolute atomic E-state index is 0.0419. The van der Waals surface area contributed by atoms with Crippen LogP contribution in [0.5, 0.6) is 0 Å². The minimum Gasteiger partial charge on any atom is -0.394 e. The number of hydrogen-bond donors (Lipinski definition) is 2. The summed E-state index contributed by atoms with van der Waals surface area (Å²) in [6.07, 6.45) is 3.73. The van der Waals surface area contributed by atoms with Gasteiger partial charge in [0.1, 0.15) is 0 Å². The van der Waals surface area contributed by atoms with Crippen molar-refractivity contribution in [3.63, 3.8) is 0 Å². The van der Waals surface area contributed by atoms with E-state index in [1.807, 2.05) is 30.0 Å². The van der Waals surface area contributed by atoms with E-state index < -0.39 is 0 Å². The Morgan fingerprint density at radius 2 is 1.93 bits per heavy atom. The molecule has 3 amide bonds. The Balaban J connectivity index is 1.55. The van der Waals surface area contributed by atoms with Gasteiger partial charge in [-0.25, -0.2) is 4.79 Å². The summed E-state index contributed by atoms with van der Waals surface area (Å²) in [5.41, 5.74) is 0.769. The lowest BCUT2D eigenvalue weighted by Gasteiger charge is -2.70. The third-order valence-corrected chi connectivity index (χ3v) is 6.29. The predicted octanol–water partition coefficient (Wildman–Crippen LogP) is 1.95. The molecular weight excluding hydrogens is 342 g/mol. The summed E-state index contributed by atoms with van der Waals surface area (Å²) >= 11 is 0. The third kappa shape index (κ3) is 3.10. The first-order chi connectivity index (χ1) is 13.1. The van der Waals surface area contributed by atoms with E-state index in [0.717, 1.165) is 24.8 Å². The van der Waals surface area contributed by atoms with Crippen molar-refractivity contribution in [2.24, 2.45) is 5.92 Å². The fourth-order valence-electron chi connectivity index (χ4n) is 4.84. The predicted molar refractivity (Wildman–Crippen MR) is 102 cm³/mol. The Labute approximate surface area is 160 Å². The molecule has 0 radical (unpaired) electrons. The first-order valence-corrected chi connectivity index (χ1v) is 10.1. The molecular formula is C21H29N3O3. The van der Waals surface area contributed by atoms with Crippen LogP contribution in [0.1, 0.15) is 44.1 Å². The van der Waals surface area contributed by atoms with Gasteiger partial charge in [-0.15, -0.1) is 0 Å². The SMILES string of the molecule is CCCNC(=O)N1CC2(C1)[C@H](c1ccccc1)[C@H](CO)N2C(=O)CC1CC1. The van der Waals surface area contributed by atoms with Crippen molar-refractivity contribution < 1.29 is 14.7 Å². The number of aliphatic hydroxyl groups is 1. The summed E-state index contributed by atoms with van der Waals surface area (Å²) in [6, 6.07) is 9.85. The molecule has 1 saturated carbocycles. The topological polar surface area (TPSA) is 72.9 Å². The number of nitrogens with one attached hydrogen (secondary N) is 1. The average Bonchev–Trinajstić information content (AvgIpc) is 3.43. The van der Waals surface area contributed by atoms with E-state index in [2.05, 4.69) is 17.4 Å². The Hall–Kier alpha value is -2.08. The van der Waals surface area contributed by atoms with Gasteiger partial charge >= 0.3 is 6.03 Å². The van der Waals surface area contributed by atoms with Crippen molar-refractivity contribution in [2.75, 3.05) is 26.2 Å². The second-order valence-electron chi connectivity index (χ2n) is 8.24. The summed E-state index contributed by atoms with van der Waals surface area (Å²) in [5, 5.41) is 13.0. The van der Waals surface area contributed by atoms with Gasteiger partial charge in [0.05, 0.1) is 18.2 Å². The van der Waals surface area contributed by atoms with E-state index in [-0.39, 0.29) is 36.0 Å². The highest BCUT2D eigenvalue weighted by Gasteiger charge is 2.68. The number of carbonyl (C=O) groups is 2. The molecule has 2 N–H and O–H groups in total. The van der Waals surface area contributed by atoms with Crippen molar-refractivity contribution >= 4 is 11.9 Å². The zero-order chi connectivity index (χ0) is 19.0. The molecule has 6 heteroatoms. The summed E-state index contributed by atoms with van der Waals surface area (Å²) in [4.78, 5) is 29.0. The van der Waals surface area contributed by atoms with Gasteiger partial charge < -0.3 is 20.2 Å². The number of carbonyl (C=O) groups excluding carboxylic acids is 2. The Bertz CT molecular complexity index is 698. The molecule has 3 fully saturated rings. The number of benzene rings is 1. The molecule has 146 valence electrons. The van der Waals surface area contributed by atoms with Gasteiger partial charge in [0.25, 0.3) is 0 Å². The normalized spacial score (nSPS) is 25.7. The molecule has 6 nitrogen and oxygen atoms in total.